The number of hydrogen-bond donors (Lipinski definition) is 3. The molecule has 0 radical (unpaired) electrons. The Hall–Kier alpha value is -2.98. The average molecular weight is 614 g/mol. The quantitative estimate of drug-likeness (QED) is 0.351. The molecule has 5 rings (SSSR count). The summed E-state index contributed by atoms with van der Waals surface area (Å²) in [6.07, 6.45) is 5.98. The number of nitrogens with one attached hydrogen (secondary N) is 3. The molecule has 2 aromatic rings. The topological polar surface area (TPSA) is 114 Å². The first-order chi connectivity index (χ1) is 20.4. The zero-order chi connectivity index (χ0) is 30.8. The predicted octanol–water partition coefficient (Wildman–Crippen LogP) is 4.92. The Morgan fingerprint density at radius 2 is 1.84 bits per heavy atom. The fourth-order valence-electron chi connectivity index (χ4n) is 6.94. The van der Waals surface area contributed by atoms with Gasteiger partial charge >= 0.3 is 0 Å². The van der Waals surface area contributed by atoms with E-state index in [0.29, 0.717) is 24.2 Å². The van der Waals surface area contributed by atoms with E-state index < -0.39 is 27.5 Å². The zero-order valence-electron chi connectivity index (χ0n) is 25.4. The molecule has 1 spiro atoms. The first-order valence-corrected chi connectivity index (χ1v) is 17.2. The van der Waals surface area contributed by atoms with Crippen LogP contribution in [0.25, 0.3) is 11.1 Å². The molecule has 2 saturated carbocycles. The highest BCUT2D eigenvalue weighted by Crippen LogP contribution is 2.43. The van der Waals surface area contributed by atoms with Gasteiger partial charge in [0, 0.05) is 36.5 Å². The van der Waals surface area contributed by atoms with Crippen LogP contribution in [0.4, 0.5) is 4.39 Å². The normalized spacial score (nSPS) is 24.9. The van der Waals surface area contributed by atoms with Gasteiger partial charge in [-0.1, -0.05) is 57.0 Å². The van der Waals surface area contributed by atoms with Crippen LogP contribution < -0.4 is 20.1 Å². The van der Waals surface area contributed by atoms with Crippen molar-refractivity contribution in [2.24, 2.45) is 0 Å². The Morgan fingerprint density at radius 1 is 1.09 bits per heavy atom. The number of amides is 2. The van der Waals surface area contributed by atoms with E-state index in [9.17, 15) is 18.0 Å². The summed E-state index contributed by atoms with van der Waals surface area (Å²) in [5, 5.41) is 6.30. The number of hydrogen-bond acceptors (Lipinski definition) is 6. The largest absolute Gasteiger partial charge is 0.490 e. The van der Waals surface area contributed by atoms with E-state index in [1.807, 2.05) is 30.3 Å². The van der Waals surface area contributed by atoms with Crippen molar-refractivity contribution in [1.82, 2.24) is 15.4 Å². The summed E-state index contributed by atoms with van der Waals surface area (Å²) in [7, 11) is -3.65. The summed E-state index contributed by atoms with van der Waals surface area (Å²) in [4.78, 5) is 25.6. The van der Waals surface area contributed by atoms with Crippen LogP contribution in [-0.2, 0) is 26.0 Å². The molecule has 10 heteroatoms. The van der Waals surface area contributed by atoms with Crippen molar-refractivity contribution >= 4 is 21.8 Å². The van der Waals surface area contributed by atoms with E-state index in [0.717, 1.165) is 48.8 Å². The number of alkyl halides is 1. The Morgan fingerprint density at radius 3 is 2.56 bits per heavy atom. The number of rotatable bonds is 10. The van der Waals surface area contributed by atoms with E-state index in [4.69, 9.17) is 4.74 Å². The van der Waals surface area contributed by atoms with Gasteiger partial charge in [0.05, 0.1) is 12.2 Å². The van der Waals surface area contributed by atoms with Crippen LogP contribution >= 0.6 is 0 Å². The smallest absolute Gasteiger partial charge is 0.259 e. The lowest BCUT2D eigenvalue weighted by atomic mass is 9.89. The van der Waals surface area contributed by atoms with Gasteiger partial charge in [0.2, 0.25) is 21.6 Å². The molecule has 8 nitrogen and oxygen atoms in total. The molecule has 0 aromatic heterocycles. The van der Waals surface area contributed by atoms with Gasteiger partial charge in [-0.3, -0.25) is 14.3 Å². The van der Waals surface area contributed by atoms with Crippen molar-refractivity contribution < 1.29 is 27.1 Å². The lowest BCUT2D eigenvalue weighted by Crippen LogP contribution is -2.48. The Labute approximate surface area is 254 Å². The monoisotopic (exact) mass is 613 g/mol. The third-order valence-corrected chi connectivity index (χ3v) is 10.6. The predicted molar refractivity (Wildman–Crippen MR) is 165 cm³/mol. The standard InChI is InChI=1S/C33H44FN3O5S/c1-4-43(40,41)37-30(38)18-23-11-14-29(28(17-23)27-10-6-5-9-26(27)22(2)3)42-25-13-12-24(19-25)36-31(39)33(34)20-32(35-21-33)15-7-8-16-32/h5-6,9-11,14,17,22,24-25,35H,4,7-8,12-13,15-16,18-21H2,1-3H3,(H,36,39)(H,37,38)/t24-,25-,33+/m1/s1. The van der Waals surface area contributed by atoms with Crippen LogP contribution in [0, 0.1) is 0 Å². The summed E-state index contributed by atoms with van der Waals surface area (Å²) >= 11 is 0. The molecule has 3 atom stereocenters. The van der Waals surface area contributed by atoms with E-state index in [2.05, 4.69) is 35.3 Å². The Bertz CT molecular complexity index is 1460. The van der Waals surface area contributed by atoms with E-state index >= 15 is 4.39 Å². The molecular weight excluding hydrogens is 569 g/mol. The number of carbonyl (C=O) groups excluding carboxylic acids is 2. The molecule has 0 bridgehead atoms. The second-order valence-corrected chi connectivity index (χ2v) is 14.9. The van der Waals surface area contributed by atoms with E-state index in [1.165, 1.54) is 6.92 Å². The van der Waals surface area contributed by atoms with Crippen molar-refractivity contribution in [2.75, 3.05) is 12.3 Å². The van der Waals surface area contributed by atoms with Crippen molar-refractivity contribution in [3.63, 3.8) is 0 Å². The summed E-state index contributed by atoms with van der Waals surface area (Å²) in [6, 6.07) is 13.4. The molecule has 0 unspecified atom stereocenters. The highest BCUT2D eigenvalue weighted by molar-refractivity contribution is 7.90. The maximum absolute atomic E-state index is 15.7. The molecule has 2 amide bonds. The van der Waals surface area contributed by atoms with Crippen molar-refractivity contribution in [3.8, 4) is 16.9 Å². The Balaban J connectivity index is 1.30. The molecule has 1 aliphatic heterocycles. The molecule has 3 N–H and O–H groups in total. The molecule has 1 heterocycles. The fourth-order valence-corrected chi connectivity index (χ4v) is 7.50. The minimum absolute atomic E-state index is 0.0683. The van der Waals surface area contributed by atoms with Gasteiger partial charge in [-0.25, -0.2) is 12.8 Å². The number of halogens is 1. The highest BCUT2D eigenvalue weighted by atomic mass is 32.2. The van der Waals surface area contributed by atoms with Crippen molar-refractivity contribution in [2.45, 2.75) is 108 Å². The number of ether oxygens (including phenoxy) is 1. The molecule has 234 valence electrons. The first-order valence-electron chi connectivity index (χ1n) is 15.6. The number of carbonyl (C=O) groups is 2. The molecule has 2 aromatic carbocycles. The van der Waals surface area contributed by atoms with Gasteiger partial charge in [0.15, 0.2) is 0 Å². The maximum Gasteiger partial charge on any atom is 0.259 e. The van der Waals surface area contributed by atoms with Crippen LogP contribution in [0.1, 0.15) is 89.2 Å². The van der Waals surface area contributed by atoms with Gasteiger partial charge in [0.1, 0.15) is 11.9 Å². The molecule has 3 fully saturated rings. The molecule has 3 aliphatic rings. The summed E-state index contributed by atoms with van der Waals surface area (Å²) in [5.74, 6) is -0.395. The van der Waals surface area contributed by atoms with Crippen LogP contribution in [0.5, 0.6) is 5.75 Å². The zero-order valence-corrected chi connectivity index (χ0v) is 26.2. The van der Waals surface area contributed by atoms with Crippen LogP contribution in [-0.4, -0.2) is 55.9 Å². The highest BCUT2D eigenvalue weighted by Gasteiger charge is 2.54. The molecule has 2 aliphatic carbocycles. The van der Waals surface area contributed by atoms with Crippen LogP contribution in [0.2, 0.25) is 0 Å². The number of sulfonamides is 1. The fraction of sp³-hybridized carbons (Fsp3) is 0.576. The molecular formula is C33H44FN3O5S. The Kier molecular flexibility index (Phi) is 9.18. The van der Waals surface area contributed by atoms with Crippen LogP contribution in [0.3, 0.4) is 0 Å². The third-order valence-electron chi connectivity index (χ3n) is 9.27. The average Bonchev–Trinajstić information content (AvgIpc) is 3.70. The summed E-state index contributed by atoms with van der Waals surface area (Å²) in [5.41, 5.74) is 1.48. The van der Waals surface area contributed by atoms with Gasteiger partial charge in [-0.05, 0) is 67.3 Å². The minimum atomic E-state index is -3.65. The summed E-state index contributed by atoms with van der Waals surface area (Å²) < 4.78 is 48.2. The van der Waals surface area contributed by atoms with Gasteiger partial charge in [-0.2, -0.15) is 0 Å². The second-order valence-electron chi connectivity index (χ2n) is 12.9. The van der Waals surface area contributed by atoms with Gasteiger partial charge in [0.25, 0.3) is 5.91 Å². The SMILES string of the molecule is CCS(=O)(=O)NC(=O)Cc1ccc(O[C@@H]2CC[C@@H](NC(=O)[C@@]3(F)CNC4(CCCC4)C3)C2)c(-c2ccccc2C(C)C)c1. The van der Waals surface area contributed by atoms with Gasteiger partial charge < -0.3 is 15.4 Å². The maximum atomic E-state index is 15.7. The lowest BCUT2D eigenvalue weighted by Gasteiger charge is -2.25. The molecule has 1 saturated heterocycles. The number of benzene rings is 2. The van der Waals surface area contributed by atoms with E-state index in [-0.39, 0.29) is 48.7 Å². The van der Waals surface area contributed by atoms with Crippen molar-refractivity contribution in [3.05, 3.63) is 53.6 Å². The third kappa shape index (κ3) is 7.23. The van der Waals surface area contributed by atoms with Crippen molar-refractivity contribution in [1.29, 1.82) is 0 Å². The van der Waals surface area contributed by atoms with E-state index in [1.54, 1.807) is 6.07 Å². The molecule has 43 heavy (non-hydrogen) atoms. The summed E-state index contributed by atoms with van der Waals surface area (Å²) in [6.45, 7) is 5.78. The first kappa shape index (κ1) is 31.4. The second kappa shape index (κ2) is 12.6. The van der Waals surface area contributed by atoms with Gasteiger partial charge in [-0.15, -0.1) is 0 Å². The lowest BCUT2D eigenvalue weighted by molar-refractivity contribution is -0.132. The minimum Gasteiger partial charge on any atom is -0.490 e. The van der Waals surface area contributed by atoms with Crippen LogP contribution in [0.15, 0.2) is 42.5 Å².